The fourth-order valence-corrected chi connectivity index (χ4v) is 2.01. The fourth-order valence-electron chi connectivity index (χ4n) is 2.01. The van der Waals surface area contributed by atoms with Gasteiger partial charge in [-0.05, 0) is 20.0 Å². The number of ether oxygens (including phenoxy) is 1. The molecule has 0 aliphatic rings. The molecular weight excluding hydrogens is 247 g/mol. The van der Waals surface area contributed by atoms with Crippen molar-refractivity contribution in [2.24, 2.45) is 11.7 Å². The van der Waals surface area contributed by atoms with Gasteiger partial charge in [0.25, 0.3) is 0 Å². The lowest BCUT2D eigenvalue weighted by Gasteiger charge is -2.29. The number of alkyl halides is 1. The monoisotopic (exact) mass is 272 g/mol. The first-order valence-corrected chi connectivity index (χ1v) is 6.50. The van der Waals surface area contributed by atoms with Gasteiger partial charge in [-0.1, -0.05) is 13.8 Å². The largest absolute Gasteiger partial charge is 0.493 e. The standard InChI is InChI=1S/C13H25FN4O/c1-10(2)13(14,9-15)12-11(19-5)8-16-18(12)7-6-17(3)4/h8,10H,6-7,9,15H2,1-5H3. The van der Waals surface area contributed by atoms with Crippen LogP contribution in [0.15, 0.2) is 6.20 Å². The first-order chi connectivity index (χ1) is 8.86. The first kappa shape index (κ1) is 15.9. The number of rotatable bonds is 7. The van der Waals surface area contributed by atoms with Gasteiger partial charge in [-0.2, -0.15) is 5.10 Å². The van der Waals surface area contributed by atoms with Crippen LogP contribution in [0.3, 0.4) is 0 Å². The summed E-state index contributed by atoms with van der Waals surface area (Å²) in [5.41, 5.74) is 4.47. The zero-order valence-electron chi connectivity index (χ0n) is 12.5. The molecule has 0 spiro atoms. The van der Waals surface area contributed by atoms with Crippen LogP contribution in [0, 0.1) is 5.92 Å². The molecule has 0 radical (unpaired) electrons. The van der Waals surface area contributed by atoms with Crippen LogP contribution in [0.4, 0.5) is 4.39 Å². The molecule has 110 valence electrons. The Labute approximate surface area is 114 Å². The quantitative estimate of drug-likeness (QED) is 0.811. The van der Waals surface area contributed by atoms with Gasteiger partial charge in [0.15, 0.2) is 11.4 Å². The predicted octanol–water partition coefficient (Wildman–Crippen LogP) is 1.23. The third kappa shape index (κ3) is 3.25. The molecule has 1 aromatic rings. The van der Waals surface area contributed by atoms with Gasteiger partial charge in [0.05, 0.1) is 19.9 Å². The molecule has 0 aliphatic carbocycles. The summed E-state index contributed by atoms with van der Waals surface area (Å²) in [5, 5.41) is 4.22. The summed E-state index contributed by atoms with van der Waals surface area (Å²) in [6.45, 7) is 4.92. The highest BCUT2D eigenvalue weighted by Crippen LogP contribution is 2.38. The van der Waals surface area contributed by atoms with Gasteiger partial charge in [0.2, 0.25) is 0 Å². The van der Waals surface area contributed by atoms with Crippen LogP contribution < -0.4 is 10.5 Å². The van der Waals surface area contributed by atoms with E-state index in [1.807, 2.05) is 32.8 Å². The Kier molecular flexibility index (Phi) is 5.31. The van der Waals surface area contributed by atoms with E-state index in [2.05, 4.69) is 5.10 Å². The number of hydrogen-bond donors (Lipinski definition) is 1. The average Bonchev–Trinajstić information content (AvgIpc) is 2.78. The van der Waals surface area contributed by atoms with E-state index in [0.717, 1.165) is 6.54 Å². The van der Waals surface area contributed by atoms with Crippen molar-refractivity contribution in [1.29, 1.82) is 0 Å². The van der Waals surface area contributed by atoms with E-state index in [4.69, 9.17) is 10.5 Å². The highest BCUT2D eigenvalue weighted by molar-refractivity contribution is 5.32. The summed E-state index contributed by atoms with van der Waals surface area (Å²) < 4.78 is 22.1. The van der Waals surface area contributed by atoms with Crippen LogP contribution in [0.1, 0.15) is 19.5 Å². The lowest BCUT2D eigenvalue weighted by atomic mass is 9.88. The molecule has 0 bridgehead atoms. The van der Waals surface area contributed by atoms with E-state index in [1.165, 1.54) is 7.11 Å². The minimum absolute atomic E-state index is 0.0886. The van der Waals surface area contributed by atoms with E-state index in [9.17, 15) is 0 Å². The summed E-state index contributed by atoms with van der Waals surface area (Å²) in [5.74, 6) is 0.210. The lowest BCUT2D eigenvalue weighted by Crippen LogP contribution is -2.38. The minimum Gasteiger partial charge on any atom is -0.493 e. The van der Waals surface area contributed by atoms with E-state index < -0.39 is 5.67 Å². The Morgan fingerprint density at radius 3 is 2.58 bits per heavy atom. The lowest BCUT2D eigenvalue weighted by molar-refractivity contribution is 0.0926. The van der Waals surface area contributed by atoms with Crippen molar-refractivity contribution >= 4 is 0 Å². The second kappa shape index (κ2) is 6.34. The Morgan fingerprint density at radius 2 is 2.16 bits per heavy atom. The molecule has 2 N–H and O–H groups in total. The molecule has 5 nitrogen and oxygen atoms in total. The highest BCUT2D eigenvalue weighted by Gasteiger charge is 2.40. The maximum Gasteiger partial charge on any atom is 0.170 e. The fraction of sp³-hybridized carbons (Fsp3) is 0.769. The first-order valence-electron chi connectivity index (χ1n) is 6.50. The van der Waals surface area contributed by atoms with Crippen molar-refractivity contribution in [3.05, 3.63) is 11.9 Å². The third-order valence-corrected chi connectivity index (χ3v) is 3.39. The molecule has 6 heteroatoms. The SMILES string of the molecule is COc1cnn(CCN(C)C)c1C(F)(CN)C(C)C. The second-order valence-electron chi connectivity index (χ2n) is 5.31. The van der Waals surface area contributed by atoms with Gasteiger partial charge < -0.3 is 15.4 Å². The van der Waals surface area contributed by atoms with Crippen LogP contribution >= 0.6 is 0 Å². The average molecular weight is 272 g/mol. The Balaban J connectivity index is 3.18. The smallest absolute Gasteiger partial charge is 0.170 e. The molecule has 0 saturated carbocycles. The normalized spacial score (nSPS) is 15.0. The molecule has 1 rings (SSSR count). The van der Waals surface area contributed by atoms with Crippen molar-refractivity contribution in [2.45, 2.75) is 26.1 Å². The van der Waals surface area contributed by atoms with Crippen molar-refractivity contribution < 1.29 is 9.13 Å². The molecule has 0 saturated heterocycles. The van der Waals surface area contributed by atoms with Crippen molar-refractivity contribution in [3.8, 4) is 5.75 Å². The molecule has 0 aliphatic heterocycles. The summed E-state index contributed by atoms with van der Waals surface area (Å²) in [6.07, 6.45) is 1.55. The van der Waals surface area contributed by atoms with Gasteiger partial charge in [0, 0.05) is 13.1 Å². The van der Waals surface area contributed by atoms with Crippen molar-refractivity contribution in [1.82, 2.24) is 14.7 Å². The Bertz CT molecular complexity index is 405. The van der Waals surface area contributed by atoms with Gasteiger partial charge in [-0.25, -0.2) is 4.39 Å². The van der Waals surface area contributed by atoms with E-state index in [0.29, 0.717) is 18.0 Å². The van der Waals surface area contributed by atoms with Gasteiger partial charge in [-0.3, -0.25) is 4.68 Å². The molecule has 0 fully saturated rings. The zero-order valence-corrected chi connectivity index (χ0v) is 12.5. The number of halogens is 1. The van der Waals surface area contributed by atoms with Crippen LogP contribution in [0.5, 0.6) is 5.75 Å². The van der Waals surface area contributed by atoms with Crippen LogP contribution in [-0.2, 0) is 12.2 Å². The number of likely N-dealkylation sites (N-methyl/N-ethyl adjacent to an activating group) is 1. The van der Waals surface area contributed by atoms with Crippen molar-refractivity contribution in [3.63, 3.8) is 0 Å². The summed E-state index contributed by atoms with van der Waals surface area (Å²) in [7, 11) is 5.46. The number of methoxy groups -OCH3 is 1. The van der Waals surface area contributed by atoms with E-state index >= 15 is 4.39 Å². The van der Waals surface area contributed by atoms with Crippen LogP contribution in [0.25, 0.3) is 0 Å². The molecule has 19 heavy (non-hydrogen) atoms. The second-order valence-corrected chi connectivity index (χ2v) is 5.31. The molecule has 0 aromatic carbocycles. The van der Waals surface area contributed by atoms with Crippen LogP contribution in [0.2, 0.25) is 0 Å². The number of nitrogens with zero attached hydrogens (tertiary/aromatic N) is 3. The van der Waals surface area contributed by atoms with Crippen molar-refractivity contribution in [2.75, 3.05) is 34.3 Å². The van der Waals surface area contributed by atoms with E-state index in [1.54, 1.807) is 10.9 Å². The molecule has 1 aromatic heterocycles. The van der Waals surface area contributed by atoms with Crippen LogP contribution in [-0.4, -0.2) is 49.0 Å². The number of aromatic nitrogens is 2. The van der Waals surface area contributed by atoms with E-state index in [-0.39, 0.29) is 12.5 Å². The maximum atomic E-state index is 15.2. The number of hydrogen-bond acceptors (Lipinski definition) is 4. The minimum atomic E-state index is -1.63. The highest BCUT2D eigenvalue weighted by atomic mass is 19.1. The molecule has 0 amide bonds. The molecular formula is C13H25FN4O. The third-order valence-electron chi connectivity index (χ3n) is 3.39. The summed E-state index contributed by atoms with van der Waals surface area (Å²) in [4.78, 5) is 2.02. The topological polar surface area (TPSA) is 56.3 Å². The Morgan fingerprint density at radius 1 is 1.53 bits per heavy atom. The maximum absolute atomic E-state index is 15.2. The summed E-state index contributed by atoms with van der Waals surface area (Å²) >= 11 is 0. The Hall–Kier alpha value is -1.14. The molecule has 1 atom stereocenters. The zero-order chi connectivity index (χ0) is 14.6. The molecule has 1 unspecified atom stereocenters. The number of nitrogens with two attached hydrogens (primary N) is 1. The van der Waals surface area contributed by atoms with Gasteiger partial charge >= 0.3 is 0 Å². The molecule has 1 heterocycles. The van der Waals surface area contributed by atoms with Gasteiger partial charge in [0.1, 0.15) is 5.69 Å². The summed E-state index contributed by atoms with van der Waals surface area (Å²) in [6, 6.07) is 0. The van der Waals surface area contributed by atoms with Gasteiger partial charge in [-0.15, -0.1) is 0 Å². The predicted molar refractivity (Wildman–Crippen MR) is 74.0 cm³/mol.